The van der Waals surface area contributed by atoms with Gasteiger partial charge >= 0.3 is 6.09 Å². The highest BCUT2D eigenvalue weighted by atomic mass is 16.6. The Morgan fingerprint density at radius 2 is 1.48 bits per heavy atom. The van der Waals surface area contributed by atoms with Crippen molar-refractivity contribution in [2.45, 2.75) is 72.1 Å². The molecule has 214 valence electrons. The van der Waals surface area contributed by atoms with E-state index in [1.54, 1.807) is 59.9 Å². The van der Waals surface area contributed by atoms with Gasteiger partial charge in [-0.05, 0) is 50.1 Å². The number of aromatic hydroxyl groups is 1. The van der Waals surface area contributed by atoms with Gasteiger partial charge in [-0.3, -0.25) is 19.7 Å². The molecule has 0 saturated heterocycles. The van der Waals surface area contributed by atoms with Crippen LogP contribution in [0.2, 0.25) is 0 Å². The SMILES string of the molecule is CC(C)(C)OC(=O)N[C@@H](Cc1ccc(O)cc1)C(=O)N[C@H](Cc1c[nH]c2ccccc12)C(=O)NC(=O)C(C)(C)C. The number of para-hydroxylation sites is 1. The Bertz CT molecular complexity index is 1370. The van der Waals surface area contributed by atoms with Crippen LogP contribution in [0.5, 0.6) is 5.75 Å². The Labute approximate surface area is 233 Å². The zero-order valence-electron chi connectivity index (χ0n) is 23.8. The minimum Gasteiger partial charge on any atom is -0.508 e. The second kappa shape index (κ2) is 12.2. The van der Waals surface area contributed by atoms with Crippen molar-refractivity contribution in [2.24, 2.45) is 5.41 Å². The van der Waals surface area contributed by atoms with Gasteiger partial charge < -0.3 is 25.5 Å². The summed E-state index contributed by atoms with van der Waals surface area (Å²) in [5.41, 5.74) is 0.675. The topological polar surface area (TPSA) is 150 Å². The van der Waals surface area contributed by atoms with Crippen LogP contribution in [0.15, 0.2) is 54.7 Å². The summed E-state index contributed by atoms with van der Waals surface area (Å²) in [6.07, 6.45) is 1.12. The maximum absolute atomic E-state index is 13.6. The van der Waals surface area contributed by atoms with E-state index in [4.69, 9.17) is 4.74 Å². The van der Waals surface area contributed by atoms with E-state index in [2.05, 4.69) is 20.9 Å². The molecule has 10 heteroatoms. The van der Waals surface area contributed by atoms with E-state index < -0.39 is 46.9 Å². The van der Waals surface area contributed by atoms with E-state index >= 15 is 0 Å². The minimum atomic E-state index is -1.12. The smallest absolute Gasteiger partial charge is 0.408 e. The number of rotatable bonds is 8. The molecule has 0 fully saturated rings. The molecule has 0 radical (unpaired) electrons. The zero-order valence-corrected chi connectivity index (χ0v) is 23.8. The molecule has 10 nitrogen and oxygen atoms in total. The third-order valence-corrected chi connectivity index (χ3v) is 6.03. The quantitative estimate of drug-likeness (QED) is 0.289. The van der Waals surface area contributed by atoms with Gasteiger partial charge in [0.15, 0.2) is 0 Å². The number of carbonyl (C=O) groups excluding carboxylic acids is 4. The predicted molar refractivity (Wildman–Crippen MR) is 152 cm³/mol. The summed E-state index contributed by atoms with van der Waals surface area (Å²) in [6.45, 7) is 10.2. The predicted octanol–water partition coefficient (Wildman–Crippen LogP) is 3.73. The number of aromatic nitrogens is 1. The van der Waals surface area contributed by atoms with Crippen molar-refractivity contribution < 1.29 is 29.0 Å². The van der Waals surface area contributed by atoms with Crippen molar-refractivity contribution >= 4 is 34.7 Å². The van der Waals surface area contributed by atoms with E-state index in [-0.39, 0.29) is 18.6 Å². The molecular weight excluding hydrogens is 512 g/mol. The number of phenols is 1. The molecule has 0 aliphatic rings. The van der Waals surface area contributed by atoms with Crippen LogP contribution in [0, 0.1) is 5.41 Å². The van der Waals surface area contributed by atoms with Crippen molar-refractivity contribution in [3.05, 3.63) is 65.9 Å². The van der Waals surface area contributed by atoms with Crippen LogP contribution in [-0.2, 0) is 32.0 Å². The third-order valence-electron chi connectivity index (χ3n) is 6.03. The highest BCUT2D eigenvalue weighted by molar-refractivity contribution is 6.02. The van der Waals surface area contributed by atoms with Crippen molar-refractivity contribution in [3.8, 4) is 5.75 Å². The van der Waals surface area contributed by atoms with Crippen molar-refractivity contribution in [2.75, 3.05) is 0 Å². The van der Waals surface area contributed by atoms with Gasteiger partial charge in [-0.25, -0.2) is 4.79 Å². The van der Waals surface area contributed by atoms with Crippen LogP contribution in [0.25, 0.3) is 10.9 Å². The summed E-state index contributed by atoms with van der Waals surface area (Å²) in [6, 6.07) is 11.5. The lowest BCUT2D eigenvalue weighted by molar-refractivity contribution is -0.138. The zero-order chi connectivity index (χ0) is 29.7. The number of imide groups is 1. The normalized spacial score (nSPS) is 13.2. The molecule has 0 saturated carbocycles. The molecule has 3 aromatic rings. The number of phenolic OH excluding ortho intramolecular Hbond substituents is 1. The largest absolute Gasteiger partial charge is 0.508 e. The standard InChI is InChI=1S/C30H38N4O6/c1-29(2,3)27(38)34-26(37)24(16-19-17-31-22-10-8-7-9-21(19)22)32-25(36)23(33-28(39)40-30(4,5)6)15-18-11-13-20(35)14-12-18/h7-14,17,23-24,31,35H,15-16H2,1-6H3,(H,32,36)(H,33,39)(H,34,37,38)/t23-,24+/m0/s1. The Morgan fingerprint density at radius 3 is 2.10 bits per heavy atom. The van der Waals surface area contributed by atoms with E-state index in [0.29, 0.717) is 5.56 Å². The summed E-state index contributed by atoms with van der Waals surface area (Å²) in [7, 11) is 0. The maximum Gasteiger partial charge on any atom is 0.408 e. The molecule has 0 aliphatic carbocycles. The lowest BCUT2D eigenvalue weighted by Crippen LogP contribution is -2.56. The number of nitrogens with one attached hydrogen (secondary N) is 4. The summed E-state index contributed by atoms with van der Waals surface area (Å²) < 4.78 is 5.35. The van der Waals surface area contributed by atoms with Gasteiger partial charge in [-0.2, -0.15) is 0 Å². The van der Waals surface area contributed by atoms with Crippen LogP contribution in [0.1, 0.15) is 52.7 Å². The van der Waals surface area contributed by atoms with Crippen LogP contribution in [0.4, 0.5) is 4.79 Å². The lowest BCUT2D eigenvalue weighted by atomic mass is 9.95. The molecule has 2 aromatic carbocycles. The third kappa shape index (κ3) is 8.59. The summed E-state index contributed by atoms with van der Waals surface area (Å²) in [4.78, 5) is 55.3. The number of hydrogen-bond acceptors (Lipinski definition) is 6. The molecular formula is C30H38N4O6. The Morgan fingerprint density at radius 1 is 0.850 bits per heavy atom. The highest BCUT2D eigenvalue weighted by Crippen LogP contribution is 2.20. The minimum absolute atomic E-state index is 0.0591. The molecule has 40 heavy (non-hydrogen) atoms. The van der Waals surface area contributed by atoms with Gasteiger partial charge in [-0.15, -0.1) is 0 Å². The van der Waals surface area contributed by atoms with Crippen LogP contribution < -0.4 is 16.0 Å². The fourth-order valence-electron chi connectivity index (χ4n) is 3.92. The molecule has 1 heterocycles. The molecule has 2 atom stereocenters. The number of hydrogen-bond donors (Lipinski definition) is 5. The van der Waals surface area contributed by atoms with Crippen LogP contribution in [0.3, 0.4) is 0 Å². The van der Waals surface area contributed by atoms with Crippen molar-refractivity contribution in [1.29, 1.82) is 0 Å². The molecule has 0 aliphatic heterocycles. The molecule has 4 amide bonds. The maximum atomic E-state index is 13.6. The number of H-pyrrole nitrogens is 1. The number of alkyl carbamates (subject to hydrolysis) is 1. The summed E-state index contributed by atoms with van der Waals surface area (Å²) in [5, 5.41) is 18.3. The number of amides is 4. The number of aromatic amines is 1. The van der Waals surface area contributed by atoms with Gasteiger partial charge in [0.05, 0.1) is 0 Å². The van der Waals surface area contributed by atoms with Gasteiger partial charge in [0.25, 0.3) is 0 Å². The number of benzene rings is 2. The Balaban J connectivity index is 1.89. The monoisotopic (exact) mass is 550 g/mol. The van der Waals surface area contributed by atoms with E-state index in [9.17, 15) is 24.3 Å². The number of carbonyl (C=O) groups is 4. The van der Waals surface area contributed by atoms with Gasteiger partial charge in [0.2, 0.25) is 17.7 Å². The number of fused-ring (bicyclic) bond motifs is 1. The second-order valence-electron chi connectivity index (χ2n) is 11.8. The molecule has 5 N–H and O–H groups in total. The lowest BCUT2D eigenvalue weighted by Gasteiger charge is -2.26. The van der Waals surface area contributed by atoms with E-state index in [0.717, 1.165) is 16.5 Å². The van der Waals surface area contributed by atoms with Crippen LogP contribution in [-0.4, -0.2) is 51.6 Å². The molecule has 3 rings (SSSR count). The highest BCUT2D eigenvalue weighted by Gasteiger charge is 2.32. The average Bonchev–Trinajstić information content (AvgIpc) is 3.25. The van der Waals surface area contributed by atoms with Gasteiger partial charge in [-0.1, -0.05) is 51.1 Å². The van der Waals surface area contributed by atoms with Gasteiger partial charge in [0.1, 0.15) is 23.4 Å². The average molecular weight is 551 g/mol. The van der Waals surface area contributed by atoms with E-state index in [1.165, 1.54) is 12.1 Å². The fourth-order valence-corrected chi connectivity index (χ4v) is 3.92. The van der Waals surface area contributed by atoms with Crippen molar-refractivity contribution in [1.82, 2.24) is 20.9 Å². The van der Waals surface area contributed by atoms with Gasteiger partial charge in [0, 0.05) is 35.4 Å². The number of ether oxygens (including phenoxy) is 1. The first kappa shape index (κ1) is 30.2. The first-order valence-corrected chi connectivity index (χ1v) is 13.1. The molecule has 1 aromatic heterocycles. The van der Waals surface area contributed by atoms with Crippen molar-refractivity contribution in [3.63, 3.8) is 0 Å². The molecule has 0 bridgehead atoms. The second-order valence-corrected chi connectivity index (χ2v) is 11.8. The Hall–Kier alpha value is -4.34. The first-order chi connectivity index (χ1) is 18.6. The first-order valence-electron chi connectivity index (χ1n) is 13.1. The Kier molecular flexibility index (Phi) is 9.24. The molecule has 0 spiro atoms. The molecule has 0 unspecified atom stereocenters. The summed E-state index contributed by atoms with van der Waals surface area (Å²) in [5.74, 6) is -1.73. The fraction of sp³-hybridized carbons (Fsp3) is 0.400. The van der Waals surface area contributed by atoms with E-state index in [1.807, 2.05) is 24.3 Å². The van der Waals surface area contributed by atoms with Crippen LogP contribution >= 0.6 is 0 Å². The summed E-state index contributed by atoms with van der Waals surface area (Å²) >= 11 is 0.